The molecule has 12 nitrogen and oxygen atoms in total. The third-order valence-electron chi connectivity index (χ3n) is 6.64. The summed E-state index contributed by atoms with van der Waals surface area (Å²) in [6, 6.07) is 9.04. The first-order valence-electron chi connectivity index (χ1n) is 13.1. The Kier molecular flexibility index (Phi) is 10.2. The predicted octanol–water partition coefficient (Wildman–Crippen LogP) is 4.67. The summed E-state index contributed by atoms with van der Waals surface area (Å²) in [5.41, 5.74) is 1.14. The largest absolute Gasteiger partial charge is 0.478 e. The number of aliphatic hydroxyl groups excluding tert-OH is 1. The summed E-state index contributed by atoms with van der Waals surface area (Å²) in [4.78, 5) is 54.1. The van der Waals surface area contributed by atoms with Crippen LogP contribution in [0.4, 0.5) is 5.82 Å². The molecule has 3 N–H and O–H groups in total. The van der Waals surface area contributed by atoms with Gasteiger partial charge in [-0.05, 0) is 71.9 Å². The van der Waals surface area contributed by atoms with Gasteiger partial charge in [0, 0.05) is 37.0 Å². The standard InChI is InChI=1S/C19H23ClN4O4.C9H4Cl2N2O2/c1-11(2)9-15(25)17(26)24-7-5-23(6-8-24)16-13-4-3-12(18(27)28)10-14(13)21-19(20)22-16;10-7-5-2-1-4(8(14)15)3-6(5)12-9(11)13-7/h3-4,10-11,15,25H,5-9H2,1-2H3,(H,27,28);1-3H,(H,14,15)/t15-;/m1./s1. The van der Waals surface area contributed by atoms with E-state index in [-0.39, 0.29) is 38.7 Å². The first-order valence-corrected chi connectivity index (χ1v) is 14.3. The van der Waals surface area contributed by atoms with Gasteiger partial charge in [-0.3, -0.25) is 4.79 Å². The number of hydrogen-bond donors (Lipinski definition) is 3. The molecule has 1 aliphatic rings. The fraction of sp³-hybridized carbons (Fsp3) is 0.321. The third-order valence-corrected chi connectivity index (χ3v) is 7.26. The highest BCUT2D eigenvalue weighted by atomic mass is 35.5. The number of amides is 1. The van der Waals surface area contributed by atoms with Crippen LogP contribution in [0.3, 0.4) is 0 Å². The zero-order valence-corrected chi connectivity index (χ0v) is 25.3. The van der Waals surface area contributed by atoms with Crippen molar-refractivity contribution in [2.75, 3.05) is 31.1 Å². The highest BCUT2D eigenvalue weighted by Gasteiger charge is 2.28. The Morgan fingerprint density at radius 1 is 0.791 bits per heavy atom. The first kappa shape index (κ1) is 32.1. The number of carbonyl (C=O) groups is 3. The van der Waals surface area contributed by atoms with Crippen LogP contribution in [0.2, 0.25) is 15.7 Å². The molecule has 0 spiro atoms. The Morgan fingerprint density at radius 2 is 1.30 bits per heavy atom. The second-order valence-corrected chi connectivity index (χ2v) is 11.2. The Hall–Kier alpha value is -3.84. The minimum absolute atomic E-state index is 0.00459. The number of anilines is 1. The number of fused-ring (bicyclic) bond motifs is 2. The molecular formula is C28H27Cl3N6O6. The molecule has 1 fully saturated rings. The van der Waals surface area contributed by atoms with E-state index in [9.17, 15) is 19.5 Å². The SMILES string of the molecule is CC(C)C[C@@H](O)C(=O)N1CCN(c2nc(Cl)nc3cc(C(=O)O)ccc23)CC1.O=C(O)c1ccc2c(Cl)nc(Cl)nc2c1. The number of aromatic carboxylic acids is 2. The molecule has 1 saturated heterocycles. The second-order valence-electron chi connectivity index (χ2n) is 10.1. The Bertz CT molecular complexity index is 1700. The number of benzene rings is 2. The van der Waals surface area contributed by atoms with E-state index in [0.29, 0.717) is 60.2 Å². The summed E-state index contributed by atoms with van der Waals surface area (Å²) in [6.45, 7) is 5.92. The van der Waals surface area contributed by atoms with Crippen LogP contribution in [0, 0.1) is 5.92 Å². The van der Waals surface area contributed by atoms with Crippen LogP contribution in [-0.4, -0.2) is 90.3 Å². The van der Waals surface area contributed by atoms with E-state index in [1.165, 1.54) is 24.3 Å². The van der Waals surface area contributed by atoms with Crippen LogP contribution in [0.25, 0.3) is 21.8 Å². The molecule has 0 radical (unpaired) electrons. The summed E-state index contributed by atoms with van der Waals surface area (Å²) in [5.74, 6) is -1.45. The minimum atomic E-state index is -1.04. The molecule has 4 aromatic rings. The van der Waals surface area contributed by atoms with Crippen molar-refractivity contribution in [1.29, 1.82) is 0 Å². The second kappa shape index (κ2) is 13.6. The number of rotatable bonds is 6. The Labute approximate surface area is 260 Å². The molecule has 0 unspecified atom stereocenters. The van der Waals surface area contributed by atoms with Gasteiger partial charge in [-0.25, -0.2) is 24.5 Å². The molecule has 15 heteroatoms. The van der Waals surface area contributed by atoms with Crippen molar-refractivity contribution in [3.63, 3.8) is 0 Å². The van der Waals surface area contributed by atoms with Crippen LogP contribution in [0.1, 0.15) is 41.0 Å². The lowest BCUT2D eigenvalue weighted by Crippen LogP contribution is -2.52. The summed E-state index contributed by atoms with van der Waals surface area (Å²) >= 11 is 17.5. The molecule has 43 heavy (non-hydrogen) atoms. The lowest BCUT2D eigenvalue weighted by Gasteiger charge is -2.36. The van der Waals surface area contributed by atoms with Crippen molar-refractivity contribution in [2.45, 2.75) is 26.4 Å². The number of aromatic nitrogens is 4. The van der Waals surface area contributed by atoms with Crippen molar-refractivity contribution in [3.8, 4) is 0 Å². The maximum absolute atomic E-state index is 12.4. The molecule has 1 amide bonds. The van der Waals surface area contributed by atoms with Crippen molar-refractivity contribution >= 4 is 80.3 Å². The molecule has 1 aliphatic heterocycles. The summed E-state index contributed by atoms with van der Waals surface area (Å²) in [6.07, 6.45) is -0.535. The average Bonchev–Trinajstić information content (AvgIpc) is 2.95. The van der Waals surface area contributed by atoms with Gasteiger partial charge in [-0.2, -0.15) is 4.98 Å². The molecule has 3 heterocycles. The maximum Gasteiger partial charge on any atom is 0.335 e. The van der Waals surface area contributed by atoms with E-state index in [4.69, 9.17) is 45.0 Å². The average molecular weight is 650 g/mol. The zero-order chi connectivity index (χ0) is 31.4. The third kappa shape index (κ3) is 7.77. The first-order chi connectivity index (χ1) is 20.3. The number of carboxylic acids is 2. The normalized spacial score (nSPS) is 14.0. The number of halogens is 3. The van der Waals surface area contributed by atoms with Gasteiger partial charge >= 0.3 is 11.9 Å². The molecule has 0 saturated carbocycles. The van der Waals surface area contributed by atoms with Gasteiger partial charge in [0.05, 0.1) is 22.2 Å². The number of piperazine rings is 1. The number of carboxylic acid groups (broad SMARTS) is 2. The maximum atomic E-state index is 12.4. The van der Waals surface area contributed by atoms with Crippen LogP contribution in [0.5, 0.6) is 0 Å². The monoisotopic (exact) mass is 648 g/mol. The highest BCUT2D eigenvalue weighted by molar-refractivity contribution is 6.35. The van der Waals surface area contributed by atoms with E-state index in [1.54, 1.807) is 17.0 Å². The quantitative estimate of drug-likeness (QED) is 0.196. The van der Waals surface area contributed by atoms with Gasteiger partial charge in [0.1, 0.15) is 17.1 Å². The van der Waals surface area contributed by atoms with Crippen molar-refractivity contribution in [1.82, 2.24) is 24.8 Å². The van der Waals surface area contributed by atoms with E-state index < -0.39 is 18.0 Å². The number of nitrogens with zero attached hydrogens (tertiary/aromatic N) is 6. The molecule has 1 atom stereocenters. The van der Waals surface area contributed by atoms with Gasteiger partial charge < -0.3 is 25.1 Å². The predicted molar refractivity (Wildman–Crippen MR) is 162 cm³/mol. The van der Waals surface area contributed by atoms with Crippen LogP contribution in [-0.2, 0) is 4.79 Å². The van der Waals surface area contributed by atoms with Crippen LogP contribution < -0.4 is 4.90 Å². The number of aliphatic hydroxyl groups is 1. The van der Waals surface area contributed by atoms with Gasteiger partial charge in [0.2, 0.25) is 10.6 Å². The van der Waals surface area contributed by atoms with Crippen LogP contribution in [0.15, 0.2) is 36.4 Å². The fourth-order valence-corrected chi connectivity index (χ4v) is 5.18. The van der Waals surface area contributed by atoms with Gasteiger partial charge in [0.25, 0.3) is 5.91 Å². The Morgan fingerprint density at radius 3 is 1.84 bits per heavy atom. The summed E-state index contributed by atoms with van der Waals surface area (Å²) < 4.78 is 0. The zero-order valence-electron chi connectivity index (χ0n) is 23.0. The Balaban J connectivity index is 0.000000237. The molecule has 0 bridgehead atoms. The van der Waals surface area contributed by atoms with Crippen molar-refractivity contribution in [3.05, 3.63) is 63.2 Å². The minimum Gasteiger partial charge on any atom is -0.478 e. The molecule has 226 valence electrons. The van der Waals surface area contributed by atoms with E-state index in [2.05, 4.69) is 19.9 Å². The topological polar surface area (TPSA) is 170 Å². The molecule has 2 aromatic heterocycles. The van der Waals surface area contributed by atoms with Gasteiger partial charge in [0.15, 0.2) is 0 Å². The summed E-state index contributed by atoms with van der Waals surface area (Å²) in [7, 11) is 0. The lowest BCUT2D eigenvalue weighted by molar-refractivity contribution is -0.141. The van der Waals surface area contributed by atoms with Crippen LogP contribution >= 0.6 is 34.8 Å². The summed E-state index contributed by atoms with van der Waals surface area (Å²) in [5, 5.41) is 29.5. The van der Waals surface area contributed by atoms with E-state index >= 15 is 0 Å². The lowest BCUT2D eigenvalue weighted by atomic mass is 10.0. The molecule has 2 aromatic carbocycles. The fourth-order valence-electron chi connectivity index (χ4n) is 4.55. The van der Waals surface area contributed by atoms with Gasteiger partial charge in [-0.1, -0.05) is 25.4 Å². The van der Waals surface area contributed by atoms with E-state index in [0.717, 1.165) is 0 Å². The van der Waals surface area contributed by atoms with Gasteiger partial charge in [-0.15, -0.1) is 0 Å². The van der Waals surface area contributed by atoms with Crippen molar-refractivity contribution in [2.24, 2.45) is 5.92 Å². The highest BCUT2D eigenvalue weighted by Crippen LogP contribution is 2.28. The van der Waals surface area contributed by atoms with Crippen molar-refractivity contribution < 1.29 is 29.7 Å². The smallest absolute Gasteiger partial charge is 0.335 e. The van der Waals surface area contributed by atoms with E-state index in [1.807, 2.05) is 18.7 Å². The number of hydrogen-bond acceptors (Lipinski definition) is 9. The molecule has 5 rings (SSSR count). The molecule has 0 aliphatic carbocycles. The number of carbonyl (C=O) groups excluding carboxylic acids is 1. The molecular weight excluding hydrogens is 623 g/mol.